The second kappa shape index (κ2) is 7.17. The van der Waals surface area contributed by atoms with Crippen LogP contribution in [0.15, 0.2) is 24.4 Å². The Labute approximate surface area is 133 Å². The molecule has 0 saturated heterocycles. The average Bonchev–Trinajstić information content (AvgIpc) is 2.96. The van der Waals surface area contributed by atoms with E-state index in [2.05, 4.69) is 4.98 Å². The quantitative estimate of drug-likeness (QED) is 0.458. The zero-order chi connectivity index (χ0) is 16.1. The highest BCUT2D eigenvalue weighted by atomic mass is 32.1. The number of anilines is 1. The number of urea groups is 1. The third-order valence-electron chi connectivity index (χ3n) is 3.19. The smallest absolute Gasteiger partial charge is 0.274 e. The van der Waals surface area contributed by atoms with Crippen molar-refractivity contribution >= 4 is 35.2 Å². The number of nitrogens with zero attached hydrogens (tertiary/aromatic N) is 2. The van der Waals surface area contributed by atoms with Gasteiger partial charge in [-0.15, -0.1) is 11.3 Å². The summed E-state index contributed by atoms with van der Waals surface area (Å²) in [5.41, 5.74) is 4.59. The molecule has 0 aliphatic heterocycles. The fraction of sp³-hybridized carbons (Fsp3) is 0.200. The van der Waals surface area contributed by atoms with Crippen LogP contribution in [0.3, 0.4) is 0 Å². The van der Waals surface area contributed by atoms with Crippen molar-refractivity contribution in [1.29, 1.82) is 0 Å². The lowest BCUT2D eigenvalue weighted by Crippen LogP contribution is -2.48. The standard InChI is InChI=1S/C15H19N5OS/c1-3-11-5-4-6-13(20(17)15(21)19-16)12(11)7-8-14-18-9-10(2)22-14/h4-9H,3,16-17H2,1-2H3,(H,19,21)/b8-7+. The maximum Gasteiger partial charge on any atom is 0.350 e. The lowest BCUT2D eigenvalue weighted by molar-refractivity contribution is 0.246. The Hall–Kier alpha value is -2.22. The summed E-state index contributed by atoms with van der Waals surface area (Å²) in [6, 6.07) is 5.07. The molecule has 7 heteroatoms. The first-order chi connectivity index (χ1) is 10.6. The van der Waals surface area contributed by atoms with Crippen LogP contribution in [0.2, 0.25) is 0 Å². The molecule has 0 aliphatic carbocycles. The average molecular weight is 317 g/mol. The van der Waals surface area contributed by atoms with Crippen LogP contribution >= 0.6 is 11.3 Å². The van der Waals surface area contributed by atoms with Crippen LogP contribution in [0.5, 0.6) is 0 Å². The molecule has 2 amide bonds. The molecule has 1 aromatic heterocycles. The molecule has 0 atom stereocenters. The molecule has 1 aromatic carbocycles. The van der Waals surface area contributed by atoms with Gasteiger partial charge in [0.2, 0.25) is 0 Å². The maximum atomic E-state index is 11.7. The van der Waals surface area contributed by atoms with Gasteiger partial charge in [0, 0.05) is 16.6 Å². The number of carbonyl (C=O) groups excluding carboxylic acids is 1. The fourth-order valence-electron chi connectivity index (χ4n) is 2.09. The Kier molecular flexibility index (Phi) is 5.26. The van der Waals surface area contributed by atoms with E-state index in [0.717, 1.165) is 32.4 Å². The van der Waals surface area contributed by atoms with Gasteiger partial charge in [-0.05, 0) is 37.1 Å². The molecular weight excluding hydrogens is 298 g/mol. The lowest BCUT2D eigenvalue weighted by Gasteiger charge is -2.19. The third-order valence-corrected chi connectivity index (χ3v) is 4.07. The summed E-state index contributed by atoms with van der Waals surface area (Å²) in [5, 5.41) is 1.91. The van der Waals surface area contributed by atoms with Gasteiger partial charge in [-0.1, -0.05) is 19.1 Å². The van der Waals surface area contributed by atoms with Crippen LogP contribution in [0.25, 0.3) is 12.2 Å². The second-order valence-electron chi connectivity index (χ2n) is 4.67. The second-order valence-corrected chi connectivity index (χ2v) is 5.93. The monoisotopic (exact) mass is 317 g/mol. The van der Waals surface area contributed by atoms with Gasteiger partial charge < -0.3 is 0 Å². The molecule has 5 N–H and O–H groups in total. The minimum absolute atomic E-state index is 0.576. The predicted octanol–water partition coefficient (Wildman–Crippen LogP) is 2.45. The SMILES string of the molecule is CCc1cccc(N(N)C(=O)NN)c1/C=C/c1ncc(C)s1. The van der Waals surface area contributed by atoms with E-state index < -0.39 is 6.03 Å². The first-order valence-electron chi connectivity index (χ1n) is 6.84. The van der Waals surface area contributed by atoms with Crippen molar-refractivity contribution in [2.75, 3.05) is 5.01 Å². The highest BCUT2D eigenvalue weighted by Crippen LogP contribution is 2.26. The molecule has 116 valence electrons. The van der Waals surface area contributed by atoms with Crippen LogP contribution in [0.4, 0.5) is 10.5 Å². The number of benzene rings is 1. The van der Waals surface area contributed by atoms with Crippen LogP contribution < -0.4 is 22.1 Å². The van der Waals surface area contributed by atoms with Gasteiger partial charge in [-0.3, -0.25) is 5.43 Å². The van der Waals surface area contributed by atoms with E-state index in [0.29, 0.717) is 5.69 Å². The molecule has 0 fully saturated rings. The summed E-state index contributed by atoms with van der Waals surface area (Å²) in [6.45, 7) is 4.06. The Morgan fingerprint density at radius 2 is 2.23 bits per heavy atom. The molecular formula is C15H19N5OS. The van der Waals surface area contributed by atoms with Crippen molar-refractivity contribution < 1.29 is 4.79 Å². The topological polar surface area (TPSA) is 97.3 Å². The number of amides is 2. The van der Waals surface area contributed by atoms with E-state index in [-0.39, 0.29) is 0 Å². The van der Waals surface area contributed by atoms with Crippen molar-refractivity contribution in [3.63, 3.8) is 0 Å². The Morgan fingerprint density at radius 1 is 1.45 bits per heavy atom. The largest absolute Gasteiger partial charge is 0.350 e. The Morgan fingerprint density at radius 3 is 2.82 bits per heavy atom. The number of hydrogen-bond acceptors (Lipinski definition) is 5. The number of carbonyl (C=O) groups is 1. The van der Waals surface area contributed by atoms with Crippen LogP contribution in [-0.2, 0) is 6.42 Å². The highest BCUT2D eigenvalue weighted by molar-refractivity contribution is 7.12. The summed E-state index contributed by atoms with van der Waals surface area (Å²) in [5.74, 6) is 11.0. The number of rotatable bonds is 4. The highest BCUT2D eigenvalue weighted by Gasteiger charge is 2.15. The lowest BCUT2D eigenvalue weighted by atomic mass is 10.0. The van der Waals surface area contributed by atoms with E-state index in [1.807, 2.05) is 49.8 Å². The first kappa shape index (κ1) is 16.2. The van der Waals surface area contributed by atoms with Gasteiger partial charge in [0.1, 0.15) is 5.01 Å². The first-order valence-corrected chi connectivity index (χ1v) is 7.66. The van der Waals surface area contributed by atoms with Crippen molar-refractivity contribution in [1.82, 2.24) is 10.4 Å². The molecule has 0 saturated carbocycles. The molecule has 0 spiro atoms. The molecule has 1 heterocycles. The zero-order valence-electron chi connectivity index (χ0n) is 12.5. The van der Waals surface area contributed by atoms with Gasteiger partial charge >= 0.3 is 6.03 Å². The Bertz CT molecular complexity index is 695. The summed E-state index contributed by atoms with van der Waals surface area (Å²) in [7, 11) is 0. The number of aryl methyl sites for hydroxylation is 2. The summed E-state index contributed by atoms with van der Waals surface area (Å²) in [6.07, 6.45) is 6.50. The van der Waals surface area contributed by atoms with Crippen molar-refractivity contribution in [2.24, 2.45) is 11.7 Å². The number of nitrogens with two attached hydrogens (primary N) is 2. The molecule has 0 bridgehead atoms. The molecule has 2 aromatic rings. The number of hydrogen-bond donors (Lipinski definition) is 3. The number of hydrazine groups is 2. The van der Waals surface area contributed by atoms with Crippen molar-refractivity contribution in [3.8, 4) is 0 Å². The minimum atomic E-state index is -0.576. The van der Waals surface area contributed by atoms with Crippen molar-refractivity contribution in [3.05, 3.63) is 45.4 Å². The Balaban J connectivity index is 2.43. The predicted molar refractivity (Wildman–Crippen MR) is 91.0 cm³/mol. The molecule has 0 radical (unpaired) electrons. The zero-order valence-corrected chi connectivity index (χ0v) is 13.4. The van der Waals surface area contributed by atoms with E-state index in [4.69, 9.17) is 11.7 Å². The molecule has 0 unspecified atom stereocenters. The molecule has 6 nitrogen and oxygen atoms in total. The van der Waals surface area contributed by atoms with Crippen LogP contribution in [-0.4, -0.2) is 11.0 Å². The van der Waals surface area contributed by atoms with Gasteiger partial charge in [0.15, 0.2) is 0 Å². The third kappa shape index (κ3) is 3.51. The van der Waals surface area contributed by atoms with Gasteiger partial charge in [0.25, 0.3) is 0 Å². The normalized spacial score (nSPS) is 10.9. The molecule has 2 rings (SSSR count). The van der Waals surface area contributed by atoms with E-state index in [1.165, 1.54) is 0 Å². The van der Waals surface area contributed by atoms with Crippen LogP contribution in [0.1, 0.15) is 27.9 Å². The molecule has 0 aliphatic rings. The number of thiazole rings is 1. The minimum Gasteiger partial charge on any atom is -0.274 e. The van der Waals surface area contributed by atoms with E-state index >= 15 is 0 Å². The van der Waals surface area contributed by atoms with Crippen LogP contribution in [0, 0.1) is 6.92 Å². The van der Waals surface area contributed by atoms with Gasteiger partial charge in [-0.2, -0.15) is 0 Å². The summed E-state index contributed by atoms with van der Waals surface area (Å²) >= 11 is 1.60. The summed E-state index contributed by atoms with van der Waals surface area (Å²) < 4.78 is 0. The number of aromatic nitrogens is 1. The van der Waals surface area contributed by atoms with Gasteiger partial charge in [-0.25, -0.2) is 26.5 Å². The van der Waals surface area contributed by atoms with Crippen molar-refractivity contribution in [2.45, 2.75) is 20.3 Å². The van der Waals surface area contributed by atoms with Gasteiger partial charge in [0.05, 0.1) is 5.69 Å². The fourth-order valence-corrected chi connectivity index (χ4v) is 2.77. The van der Waals surface area contributed by atoms with E-state index in [1.54, 1.807) is 17.4 Å². The maximum absolute atomic E-state index is 11.7. The van der Waals surface area contributed by atoms with E-state index in [9.17, 15) is 4.79 Å². The summed E-state index contributed by atoms with van der Waals surface area (Å²) in [4.78, 5) is 17.1. The molecule has 22 heavy (non-hydrogen) atoms. The number of nitrogens with one attached hydrogen (secondary N) is 1.